The third kappa shape index (κ3) is 2.97. The smallest absolute Gasteiger partial charge is 0.241 e. The number of amides is 1. The zero-order chi connectivity index (χ0) is 13.0. The fraction of sp³-hybridized carbons (Fsp3) is 0.462. The fourth-order valence-electron chi connectivity index (χ4n) is 1.87. The number of carbonyl (C=O) groups excluding carboxylic acids is 1. The predicted octanol–water partition coefficient (Wildman–Crippen LogP) is 1.67. The highest BCUT2D eigenvalue weighted by atomic mass is 16.5. The Hall–Kier alpha value is -1.55. The summed E-state index contributed by atoms with van der Waals surface area (Å²) in [5.74, 6) is 0.625. The molecule has 4 nitrogen and oxygen atoms in total. The zero-order valence-electron chi connectivity index (χ0n) is 11.0. The number of nitrogens with one attached hydrogen (secondary N) is 2. The van der Waals surface area contributed by atoms with Crippen LogP contribution in [0.2, 0.25) is 0 Å². The molecular formula is C13H20N2O2. The lowest BCUT2D eigenvalue weighted by Gasteiger charge is -2.16. The molecule has 4 heteroatoms. The van der Waals surface area contributed by atoms with Crippen molar-refractivity contribution >= 4 is 5.91 Å². The van der Waals surface area contributed by atoms with Crippen LogP contribution in [0.1, 0.15) is 29.5 Å². The van der Waals surface area contributed by atoms with Crippen LogP contribution in [-0.4, -0.2) is 20.1 Å². The minimum absolute atomic E-state index is 0.0415. The van der Waals surface area contributed by atoms with E-state index in [1.165, 1.54) is 0 Å². The third-order valence-electron chi connectivity index (χ3n) is 2.89. The first-order valence-corrected chi connectivity index (χ1v) is 5.63. The lowest BCUT2D eigenvalue weighted by atomic mass is 9.93. The molecule has 0 saturated carbocycles. The van der Waals surface area contributed by atoms with Crippen LogP contribution < -0.4 is 15.6 Å². The minimum Gasteiger partial charge on any atom is -0.496 e. The SMILES string of the molecule is CNNC(=O)C(C)c1cc(C)c(OC)cc1C. The first-order valence-electron chi connectivity index (χ1n) is 5.63. The van der Waals surface area contributed by atoms with Crippen molar-refractivity contribution in [1.82, 2.24) is 10.9 Å². The number of carbonyl (C=O) groups is 1. The maximum atomic E-state index is 11.8. The molecule has 1 aromatic carbocycles. The van der Waals surface area contributed by atoms with E-state index < -0.39 is 0 Å². The molecule has 94 valence electrons. The van der Waals surface area contributed by atoms with Gasteiger partial charge in [-0.1, -0.05) is 6.07 Å². The van der Waals surface area contributed by atoms with Crippen molar-refractivity contribution in [2.24, 2.45) is 0 Å². The van der Waals surface area contributed by atoms with Gasteiger partial charge in [0.15, 0.2) is 0 Å². The highest BCUT2D eigenvalue weighted by Crippen LogP contribution is 2.27. The summed E-state index contributed by atoms with van der Waals surface area (Å²) in [4.78, 5) is 11.8. The molecule has 0 aliphatic carbocycles. The molecule has 0 heterocycles. The quantitative estimate of drug-likeness (QED) is 0.782. The average molecular weight is 236 g/mol. The maximum absolute atomic E-state index is 11.8. The number of hydrogen-bond acceptors (Lipinski definition) is 3. The summed E-state index contributed by atoms with van der Waals surface area (Å²) >= 11 is 0. The normalized spacial score (nSPS) is 12.1. The second-order valence-corrected chi connectivity index (χ2v) is 4.14. The van der Waals surface area contributed by atoms with Crippen molar-refractivity contribution < 1.29 is 9.53 Å². The van der Waals surface area contributed by atoms with Crippen molar-refractivity contribution in [2.45, 2.75) is 26.7 Å². The molecule has 0 aliphatic rings. The van der Waals surface area contributed by atoms with E-state index >= 15 is 0 Å². The second-order valence-electron chi connectivity index (χ2n) is 4.14. The van der Waals surface area contributed by atoms with Crippen LogP contribution in [0.15, 0.2) is 12.1 Å². The third-order valence-corrected chi connectivity index (χ3v) is 2.89. The average Bonchev–Trinajstić information content (AvgIpc) is 2.31. The monoisotopic (exact) mass is 236 g/mol. The van der Waals surface area contributed by atoms with Crippen LogP contribution in [0.3, 0.4) is 0 Å². The van der Waals surface area contributed by atoms with Crippen LogP contribution in [0, 0.1) is 13.8 Å². The number of hydrogen-bond donors (Lipinski definition) is 2. The zero-order valence-corrected chi connectivity index (χ0v) is 11.0. The van der Waals surface area contributed by atoms with Crippen molar-refractivity contribution in [1.29, 1.82) is 0 Å². The Kier molecular flexibility index (Phi) is 4.52. The topological polar surface area (TPSA) is 50.4 Å². The molecular weight excluding hydrogens is 216 g/mol. The summed E-state index contributed by atoms with van der Waals surface area (Å²) in [7, 11) is 3.33. The molecule has 1 rings (SSSR count). The predicted molar refractivity (Wildman–Crippen MR) is 68.1 cm³/mol. The molecule has 0 aliphatic heterocycles. The molecule has 1 aromatic rings. The maximum Gasteiger partial charge on any atom is 0.241 e. The van der Waals surface area contributed by atoms with Gasteiger partial charge < -0.3 is 4.74 Å². The van der Waals surface area contributed by atoms with Gasteiger partial charge >= 0.3 is 0 Å². The number of ether oxygens (including phenoxy) is 1. The van der Waals surface area contributed by atoms with Crippen LogP contribution in [0.4, 0.5) is 0 Å². The van der Waals surface area contributed by atoms with Crippen LogP contribution in [0.5, 0.6) is 5.75 Å². The highest BCUT2D eigenvalue weighted by molar-refractivity contribution is 5.83. The Morgan fingerprint density at radius 3 is 2.47 bits per heavy atom. The second kappa shape index (κ2) is 5.68. The van der Waals surface area contributed by atoms with Gasteiger partial charge in [0.05, 0.1) is 13.0 Å². The Morgan fingerprint density at radius 1 is 1.29 bits per heavy atom. The van der Waals surface area contributed by atoms with E-state index in [0.29, 0.717) is 0 Å². The number of benzene rings is 1. The molecule has 17 heavy (non-hydrogen) atoms. The van der Waals surface area contributed by atoms with E-state index in [-0.39, 0.29) is 11.8 Å². The molecule has 0 aromatic heterocycles. The van der Waals surface area contributed by atoms with E-state index in [2.05, 4.69) is 10.9 Å². The van der Waals surface area contributed by atoms with Gasteiger partial charge in [-0.05, 0) is 43.5 Å². The highest BCUT2D eigenvalue weighted by Gasteiger charge is 2.17. The molecule has 0 spiro atoms. The lowest BCUT2D eigenvalue weighted by Crippen LogP contribution is -2.37. The summed E-state index contributed by atoms with van der Waals surface area (Å²) in [5.41, 5.74) is 8.37. The minimum atomic E-state index is -0.188. The number of hydrazine groups is 1. The Bertz CT molecular complexity index is 416. The van der Waals surface area contributed by atoms with Crippen molar-refractivity contribution in [3.8, 4) is 5.75 Å². The van der Waals surface area contributed by atoms with Crippen molar-refractivity contribution in [3.05, 3.63) is 28.8 Å². The molecule has 1 unspecified atom stereocenters. The number of aryl methyl sites for hydroxylation is 2. The van der Waals surface area contributed by atoms with Gasteiger partial charge in [-0.15, -0.1) is 0 Å². The van der Waals surface area contributed by atoms with E-state index in [1.54, 1.807) is 14.2 Å². The first kappa shape index (κ1) is 13.5. The molecule has 0 radical (unpaired) electrons. The molecule has 0 fully saturated rings. The van der Waals surface area contributed by atoms with Gasteiger partial charge in [-0.25, -0.2) is 5.43 Å². The molecule has 1 atom stereocenters. The Labute approximate surface area is 102 Å². The Morgan fingerprint density at radius 2 is 1.94 bits per heavy atom. The van der Waals surface area contributed by atoms with E-state index in [4.69, 9.17) is 4.74 Å². The van der Waals surface area contributed by atoms with Gasteiger partial charge in [-0.2, -0.15) is 0 Å². The van der Waals surface area contributed by atoms with Gasteiger partial charge in [0, 0.05) is 7.05 Å². The van der Waals surface area contributed by atoms with Gasteiger partial charge in [0.2, 0.25) is 5.91 Å². The Balaban J connectivity index is 3.06. The van der Waals surface area contributed by atoms with Crippen molar-refractivity contribution in [2.75, 3.05) is 14.2 Å². The number of rotatable bonds is 4. The fourth-order valence-corrected chi connectivity index (χ4v) is 1.87. The van der Waals surface area contributed by atoms with Crippen LogP contribution >= 0.6 is 0 Å². The van der Waals surface area contributed by atoms with Crippen LogP contribution in [-0.2, 0) is 4.79 Å². The summed E-state index contributed by atoms with van der Waals surface area (Å²) in [6.07, 6.45) is 0. The molecule has 0 bridgehead atoms. The van der Waals surface area contributed by atoms with E-state index in [9.17, 15) is 4.79 Å². The summed E-state index contributed by atoms with van der Waals surface area (Å²) in [6, 6.07) is 3.97. The van der Waals surface area contributed by atoms with E-state index in [0.717, 1.165) is 22.4 Å². The van der Waals surface area contributed by atoms with Crippen molar-refractivity contribution in [3.63, 3.8) is 0 Å². The first-order chi connectivity index (χ1) is 8.01. The van der Waals surface area contributed by atoms with Gasteiger partial charge in [-0.3, -0.25) is 10.2 Å². The summed E-state index contributed by atoms with van der Waals surface area (Å²) in [6.45, 7) is 5.85. The largest absolute Gasteiger partial charge is 0.496 e. The molecule has 2 N–H and O–H groups in total. The van der Waals surface area contributed by atoms with Gasteiger partial charge in [0.25, 0.3) is 0 Å². The number of methoxy groups -OCH3 is 1. The standard InChI is InChI=1S/C13H20N2O2/c1-8-7-12(17-5)9(2)6-11(8)10(3)13(16)15-14-4/h6-7,10,14H,1-5H3,(H,15,16). The van der Waals surface area contributed by atoms with Gasteiger partial charge in [0.1, 0.15) is 5.75 Å². The summed E-state index contributed by atoms with van der Waals surface area (Å²) in [5, 5.41) is 0. The molecule has 1 amide bonds. The lowest BCUT2D eigenvalue weighted by molar-refractivity contribution is -0.123. The van der Waals surface area contributed by atoms with E-state index in [1.807, 2.05) is 32.9 Å². The summed E-state index contributed by atoms with van der Waals surface area (Å²) < 4.78 is 5.26. The van der Waals surface area contributed by atoms with Crippen LogP contribution in [0.25, 0.3) is 0 Å². The molecule has 0 saturated heterocycles.